The van der Waals surface area contributed by atoms with E-state index in [2.05, 4.69) is 13.5 Å². The Bertz CT molecular complexity index is 382. The summed E-state index contributed by atoms with van der Waals surface area (Å²) < 4.78 is 38.1. The molecule has 7 nitrogen and oxygen atoms in total. The highest BCUT2D eigenvalue weighted by Crippen LogP contribution is 2.11. The van der Waals surface area contributed by atoms with Crippen LogP contribution in [0.25, 0.3) is 0 Å². The Hall–Kier alpha value is -0.540. The second-order valence-electron chi connectivity index (χ2n) is 8.57. The number of rotatable bonds is 32. The lowest BCUT2D eigenvalue weighted by Crippen LogP contribution is -2.14. The molecule has 0 fully saturated rings. The first kappa shape index (κ1) is 34.5. The highest BCUT2D eigenvalue weighted by atomic mass is 16.6. The van der Waals surface area contributed by atoms with Gasteiger partial charge in [0.25, 0.3) is 0 Å². The minimum absolute atomic E-state index is 0.554. The second-order valence-corrected chi connectivity index (χ2v) is 8.57. The zero-order valence-corrected chi connectivity index (χ0v) is 22.8. The van der Waals surface area contributed by atoms with Crippen molar-refractivity contribution < 1.29 is 33.2 Å². The highest BCUT2D eigenvalue weighted by molar-refractivity contribution is 4.63. The summed E-state index contributed by atoms with van der Waals surface area (Å²) in [6, 6.07) is 0. The normalized spacial score (nSPS) is 11.3. The molecule has 0 heterocycles. The van der Waals surface area contributed by atoms with E-state index >= 15 is 0 Å². The van der Waals surface area contributed by atoms with Crippen LogP contribution in [0.3, 0.4) is 0 Å². The number of ether oxygens (including phenoxy) is 7. The van der Waals surface area contributed by atoms with Crippen molar-refractivity contribution in [2.45, 2.75) is 77.6 Å². The molecule has 0 saturated carbocycles. The van der Waals surface area contributed by atoms with Gasteiger partial charge in [-0.15, -0.1) is 6.58 Å². The smallest absolute Gasteiger partial charge is 0.0704 e. The van der Waals surface area contributed by atoms with Gasteiger partial charge in [-0.05, 0) is 6.42 Å². The van der Waals surface area contributed by atoms with Crippen LogP contribution in [0.2, 0.25) is 0 Å². The fourth-order valence-corrected chi connectivity index (χ4v) is 3.35. The van der Waals surface area contributed by atoms with Gasteiger partial charge < -0.3 is 33.2 Å². The molecule has 0 aliphatic rings. The van der Waals surface area contributed by atoms with E-state index in [0.29, 0.717) is 85.9 Å². The van der Waals surface area contributed by atoms with Gasteiger partial charge in [-0.25, -0.2) is 0 Å². The van der Waals surface area contributed by atoms with Gasteiger partial charge in [0.2, 0.25) is 0 Å². The fourth-order valence-electron chi connectivity index (χ4n) is 3.35. The SMILES string of the molecule is C=CCOCCOCCOCCOCCOCCOCCOCCCCCCCCCCCCC. The Morgan fingerprint density at radius 2 is 0.657 bits per heavy atom. The minimum atomic E-state index is 0.554. The molecule has 0 radical (unpaired) electrons. The molecule has 0 spiro atoms. The van der Waals surface area contributed by atoms with E-state index in [0.717, 1.165) is 13.0 Å². The average Bonchev–Trinajstić information content (AvgIpc) is 2.87. The van der Waals surface area contributed by atoms with Crippen LogP contribution in [0.4, 0.5) is 0 Å². The van der Waals surface area contributed by atoms with Crippen LogP contribution in [-0.2, 0) is 33.2 Å². The first-order valence-corrected chi connectivity index (χ1v) is 14.1. The van der Waals surface area contributed by atoms with Crippen LogP contribution in [0.1, 0.15) is 77.6 Å². The molecule has 210 valence electrons. The van der Waals surface area contributed by atoms with Crippen LogP contribution < -0.4 is 0 Å². The van der Waals surface area contributed by atoms with Gasteiger partial charge in [0.1, 0.15) is 0 Å². The Balaban J connectivity index is 3.00. The zero-order chi connectivity index (χ0) is 25.3. The first-order chi connectivity index (χ1) is 17.4. The molecule has 35 heavy (non-hydrogen) atoms. The van der Waals surface area contributed by atoms with Gasteiger partial charge >= 0.3 is 0 Å². The molecule has 0 aliphatic carbocycles. The third-order valence-electron chi connectivity index (χ3n) is 5.36. The van der Waals surface area contributed by atoms with Crippen molar-refractivity contribution >= 4 is 0 Å². The lowest BCUT2D eigenvalue weighted by Gasteiger charge is -2.08. The topological polar surface area (TPSA) is 64.6 Å². The van der Waals surface area contributed by atoms with Crippen LogP contribution in [0.5, 0.6) is 0 Å². The molecule has 0 aromatic heterocycles. The van der Waals surface area contributed by atoms with Crippen molar-refractivity contribution in [3.8, 4) is 0 Å². The molecule has 0 atom stereocenters. The summed E-state index contributed by atoms with van der Waals surface area (Å²) in [5.41, 5.74) is 0. The first-order valence-electron chi connectivity index (χ1n) is 14.1. The molecule has 0 amide bonds. The summed E-state index contributed by atoms with van der Waals surface area (Å²) >= 11 is 0. The van der Waals surface area contributed by atoms with Crippen molar-refractivity contribution in [1.82, 2.24) is 0 Å². The molecular formula is C28H56O7. The number of unbranched alkanes of at least 4 members (excludes halogenated alkanes) is 10. The predicted octanol–water partition coefficient (Wildman–Crippen LogP) is 5.60. The summed E-state index contributed by atoms with van der Waals surface area (Å²) in [5.74, 6) is 0. The van der Waals surface area contributed by atoms with Crippen LogP contribution in [0, 0.1) is 0 Å². The molecule has 0 aromatic carbocycles. The van der Waals surface area contributed by atoms with E-state index < -0.39 is 0 Å². The Kier molecular flexibility index (Phi) is 32.9. The lowest BCUT2D eigenvalue weighted by molar-refractivity contribution is -0.0198. The lowest BCUT2D eigenvalue weighted by atomic mass is 10.1. The van der Waals surface area contributed by atoms with E-state index in [4.69, 9.17) is 33.2 Å². The standard InChI is InChI=1S/C28H56O7/c1-3-5-6-7-8-9-10-11-12-13-14-16-30-18-20-32-22-24-34-26-28-35-27-25-33-23-21-31-19-17-29-15-4-2/h4H,2-3,5-28H2,1H3. The van der Waals surface area contributed by atoms with E-state index in [-0.39, 0.29) is 0 Å². The number of hydrogen-bond acceptors (Lipinski definition) is 7. The monoisotopic (exact) mass is 504 g/mol. The van der Waals surface area contributed by atoms with E-state index in [1.165, 1.54) is 64.2 Å². The van der Waals surface area contributed by atoms with Crippen LogP contribution in [-0.4, -0.2) is 92.5 Å². The quantitative estimate of drug-likeness (QED) is 0.0873. The van der Waals surface area contributed by atoms with Gasteiger partial charge in [0, 0.05) is 6.61 Å². The Morgan fingerprint density at radius 1 is 0.371 bits per heavy atom. The van der Waals surface area contributed by atoms with Gasteiger partial charge in [0.05, 0.1) is 85.9 Å². The Morgan fingerprint density at radius 3 is 1.00 bits per heavy atom. The van der Waals surface area contributed by atoms with Crippen LogP contribution in [0.15, 0.2) is 12.7 Å². The maximum Gasteiger partial charge on any atom is 0.0704 e. The molecule has 0 N–H and O–H groups in total. The molecular weight excluding hydrogens is 448 g/mol. The largest absolute Gasteiger partial charge is 0.379 e. The molecule has 0 bridgehead atoms. The third kappa shape index (κ3) is 33.5. The van der Waals surface area contributed by atoms with Crippen molar-refractivity contribution in [3.63, 3.8) is 0 Å². The summed E-state index contributed by atoms with van der Waals surface area (Å²) in [4.78, 5) is 0. The molecule has 0 saturated heterocycles. The summed E-state index contributed by atoms with van der Waals surface area (Å²) in [6.07, 6.45) is 16.7. The van der Waals surface area contributed by atoms with Crippen molar-refractivity contribution in [3.05, 3.63) is 12.7 Å². The van der Waals surface area contributed by atoms with Crippen molar-refractivity contribution in [1.29, 1.82) is 0 Å². The number of hydrogen-bond donors (Lipinski definition) is 0. The zero-order valence-electron chi connectivity index (χ0n) is 22.8. The maximum atomic E-state index is 5.64. The van der Waals surface area contributed by atoms with E-state index in [1.54, 1.807) is 6.08 Å². The Labute approximate surface area is 216 Å². The van der Waals surface area contributed by atoms with Gasteiger partial charge in [-0.2, -0.15) is 0 Å². The summed E-state index contributed by atoms with van der Waals surface area (Å²) in [5, 5.41) is 0. The van der Waals surface area contributed by atoms with E-state index in [9.17, 15) is 0 Å². The molecule has 0 aliphatic heterocycles. The van der Waals surface area contributed by atoms with Crippen molar-refractivity contribution in [2.24, 2.45) is 0 Å². The third-order valence-corrected chi connectivity index (χ3v) is 5.36. The average molecular weight is 505 g/mol. The molecule has 0 rings (SSSR count). The summed E-state index contributed by atoms with van der Waals surface area (Å²) in [6.45, 7) is 14.2. The highest BCUT2D eigenvalue weighted by Gasteiger charge is 1.96. The van der Waals surface area contributed by atoms with Crippen LogP contribution >= 0.6 is 0 Å². The van der Waals surface area contributed by atoms with Gasteiger partial charge in [-0.3, -0.25) is 0 Å². The van der Waals surface area contributed by atoms with Crippen molar-refractivity contribution in [2.75, 3.05) is 92.5 Å². The summed E-state index contributed by atoms with van der Waals surface area (Å²) in [7, 11) is 0. The second kappa shape index (κ2) is 33.5. The maximum absolute atomic E-state index is 5.64. The van der Waals surface area contributed by atoms with E-state index in [1.807, 2.05) is 0 Å². The molecule has 0 aromatic rings. The predicted molar refractivity (Wildman–Crippen MR) is 142 cm³/mol. The molecule has 0 unspecified atom stereocenters. The fraction of sp³-hybridized carbons (Fsp3) is 0.929. The minimum Gasteiger partial charge on any atom is -0.379 e. The van der Waals surface area contributed by atoms with Gasteiger partial charge in [0.15, 0.2) is 0 Å². The van der Waals surface area contributed by atoms with Gasteiger partial charge in [-0.1, -0.05) is 77.2 Å². The molecule has 7 heteroatoms.